The quantitative estimate of drug-likeness (QED) is 0.930. The number of morpholine rings is 1. The lowest BCUT2D eigenvalue weighted by Gasteiger charge is -2.26. The number of rotatable bonds is 4. The maximum atomic E-state index is 12.1. The summed E-state index contributed by atoms with van der Waals surface area (Å²) < 4.78 is 5.25. The molecule has 7 heteroatoms. The van der Waals surface area contributed by atoms with Crippen LogP contribution in [0.1, 0.15) is 11.3 Å². The number of nitrogens with zero attached hydrogens (tertiary/aromatic N) is 3. The van der Waals surface area contributed by atoms with Crippen molar-refractivity contribution in [2.75, 3.05) is 38.2 Å². The van der Waals surface area contributed by atoms with E-state index < -0.39 is 0 Å². The van der Waals surface area contributed by atoms with Crippen molar-refractivity contribution >= 4 is 33.3 Å². The fourth-order valence-electron chi connectivity index (χ4n) is 2.38. The zero-order valence-electron chi connectivity index (χ0n) is 12.0. The summed E-state index contributed by atoms with van der Waals surface area (Å²) in [6.45, 7) is 5.30. The normalized spacial score (nSPS) is 15.4. The van der Waals surface area contributed by atoms with E-state index in [2.05, 4.69) is 28.3 Å². The first-order chi connectivity index (χ1) is 10.2. The first-order valence-electron chi connectivity index (χ1n) is 7.04. The molecular weight excluding hydrogens is 288 g/mol. The molecule has 21 heavy (non-hydrogen) atoms. The van der Waals surface area contributed by atoms with E-state index in [4.69, 9.17) is 4.74 Å². The number of aromatic nitrogens is 2. The van der Waals surface area contributed by atoms with Crippen LogP contribution in [0.3, 0.4) is 0 Å². The average Bonchev–Trinajstić information content (AvgIpc) is 2.89. The highest BCUT2D eigenvalue weighted by Gasteiger charge is 2.16. The molecule has 0 atom stereocenters. The molecule has 0 unspecified atom stereocenters. The molecule has 0 radical (unpaired) electrons. The lowest BCUT2D eigenvalue weighted by atomic mass is 10.3. The van der Waals surface area contributed by atoms with Gasteiger partial charge in [0.25, 0.3) is 0 Å². The summed E-state index contributed by atoms with van der Waals surface area (Å²) in [5.41, 5.74) is 0. The number of carbonyl (C=O) groups is 1. The van der Waals surface area contributed by atoms with Crippen LogP contribution in [0.5, 0.6) is 0 Å². The molecule has 3 heterocycles. The van der Waals surface area contributed by atoms with Gasteiger partial charge in [-0.15, -0.1) is 11.3 Å². The summed E-state index contributed by atoms with van der Waals surface area (Å²) in [6, 6.07) is 2.08. The number of fused-ring (bicyclic) bond motifs is 1. The maximum Gasteiger partial charge on any atom is 0.224 e. The van der Waals surface area contributed by atoms with Gasteiger partial charge in [0, 0.05) is 30.9 Å². The molecule has 3 rings (SSSR count). The molecule has 0 aliphatic carbocycles. The monoisotopic (exact) mass is 306 g/mol. The van der Waals surface area contributed by atoms with Gasteiger partial charge >= 0.3 is 0 Å². The van der Waals surface area contributed by atoms with Crippen LogP contribution in [0.4, 0.5) is 5.82 Å². The number of ether oxygens (including phenoxy) is 1. The van der Waals surface area contributed by atoms with Gasteiger partial charge in [-0.25, -0.2) is 9.97 Å². The number of aryl methyl sites for hydroxylation is 1. The summed E-state index contributed by atoms with van der Waals surface area (Å²) in [5.74, 6) is 0.969. The number of thiophene rings is 1. The Labute approximate surface area is 127 Å². The molecule has 6 nitrogen and oxygen atoms in total. The second-order valence-electron chi connectivity index (χ2n) is 4.97. The molecule has 1 N–H and O–H groups in total. The van der Waals surface area contributed by atoms with E-state index in [1.165, 1.54) is 4.88 Å². The van der Waals surface area contributed by atoms with Crippen LogP contribution in [0.2, 0.25) is 0 Å². The number of hydrogen-bond donors (Lipinski definition) is 1. The van der Waals surface area contributed by atoms with Gasteiger partial charge in [0.2, 0.25) is 5.91 Å². The average molecular weight is 306 g/mol. The number of anilines is 1. The zero-order chi connectivity index (χ0) is 14.7. The first kappa shape index (κ1) is 14.2. The van der Waals surface area contributed by atoms with E-state index >= 15 is 0 Å². The second-order valence-corrected chi connectivity index (χ2v) is 6.20. The Hall–Kier alpha value is -1.73. The molecule has 0 saturated carbocycles. The van der Waals surface area contributed by atoms with Gasteiger partial charge in [-0.05, 0) is 13.0 Å². The topological polar surface area (TPSA) is 67.4 Å². The maximum absolute atomic E-state index is 12.1. The van der Waals surface area contributed by atoms with Crippen LogP contribution in [0.15, 0.2) is 12.4 Å². The number of nitrogens with one attached hydrogen (secondary N) is 1. The summed E-state index contributed by atoms with van der Waals surface area (Å²) in [6.07, 6.45) is 2.03. The third-order valence-electron chi connectivity index (χ3n) is 3.45. The molecule has 1 aliphatic rings. The van der Waals surface area contributed by atoms with Crippen LogP contribution in [0, 0.1) is 6.92 Å². The number of hydrogen-bond acceptors (Lipinski definition) is 6. The Kier molecular flexibility index (Phi) is 4.31. The largest absolute Gasteiger partial charge is 0.378 e. The van der Waals surface area contributed by atoms with Gasteiger partial charge in [0.1, 0.15) is 17.0 Å². The minimum Gasteiger partial charge on any atom is -0.378 e. The molecule has 2 aromatic rings. The fourth-order valence-corrected chi connectivity index (χ4v) is 3.22. The van der Waals surface area contributed by atoms with Gasteiger partial charge < -0.3 is 15.0 Å². The standard InChI is InChI=1S/C14H18N4O2S/c1-10-8-11-13(16-9-17-14(11)21-10)15-3-2-12(19)18-4-6-20-7-5-18/h8-9H,2-7H2,1H3,(H,15,16,17). The van der Waals surface area contributed by atoms with E-state index in [-0.39, 0.29) is 5.91 Å². The summed E-state index contributed by atoms with van der Waals surface area (Å²) in [4.78, 5) is 24.6. The van der Waals surface area contributed by atoms with E-state index in [1.807, 2.05) is 4.90 Å². The highest BCUT2D eigenvalue weighted by Crippen LogP contribution is 2.27. The third-order valence-corrected chi connectivity index (χ3v) is 4.41. The van der Waals surface area contributed by atoms with E-state index in [0.29, 0.717) is 39.3 Å². The summed E-state index contributed by atoms with van der Waals surface area (Å²) >= 11 is 1.65. The third kappa shape index (κ3) is 3.30. The van der Waals surface area contributed by atoms with Crippen molar-refractivity contribution in [2.45, 2.75) is 13.3 Å². The van der Waals surface area contributed by atoms with Gasteiger partial charge in [-0.3, -0.25) is 4.79 Å². The minimum absolute atomic E-state index is 0.164. The number of amides is 1. The molecule has 1 aliphatic heterocycles. The smallest absolute Gasteiger partial charge is 0.224 e. The SMILES string of the molecule is Cc1cc2c(NCCC(=O)N3CCOCC3)ncnc2s1. The lowest BCUT2D eigenvalue weighted by molar-refractivity contribution is -0.134. The van der Waals surface area contributed by atoms with E-state index in [1.54, 1.807) is 17.7 Å². The Bertz CT molecular complexity index is 637. The van der Waals surface area contributed by atoms with Crippen molar-refractivity contribution < 1.29 is 9.53 Å². The second kappa shape index (κ2) is 6.36. The van der Waals surface area contributed by atoms with Gasteiger partial charge in [0.05, 0.1) is 18.6 Å². The Morgan fingerprint density at radius 3 is 3.05 bits per heavy atom. The molecule has 0 aromatic carbocycles. The fraction of sp³-hybridized carbons (Fsp3) is 0.500. The molecule has 1 saturated heterocycles. The molecule has 2 aromatic heterocycles. The molecule has 0 bridgehead atoms. The Morgan fingerprint density at radius 2 is 2.24 bits per heavy atom. The van der Waals surface area contributed by atoms with Gasteiger partial charge in [-0.1, -0.05) is 0 Å². The predicted molar refractivity (Wildman–Crippen MR) is 82.7 cm³/mol. The van der Waals surface area contributed by atoms with Crippen LogP contribution < -0.4 is 5.32 Å². The van der Waals surface area contributed by atoms with Crippen LogP contribution in [-0.4, -0.2) is 53.6 Å². The first-order valence-corrected chi connectivity index (χ1v) is 7.86. The summed E-state index contributed by atoms with van der Waals surface area (Å²) in [7, 11) is 0. The van der Waals surface area contributed by atoms with E-state index in [9.17, 15) is 4.79 Å². The Morgan fingerprint density at radius 1 is 1.43 bits per heavy atom. The van der Waals surface area contributed by atoms with E-state index in [0.717, 1.165) is 16.0 Å². The van der Waals surface area contributed by atoms with Crippen LogP contribution in [-0.2, 0) is 9.53 Å². The van der Waals surface area contributed by atoms with Crippen LogP contribution >= 0.6 is 11.3 Å². The predicted octanol–water partition coefficient (Wildman–Crippen LogP) is 1.66. The zero-order valence-corrected chi connectivity index (χ0v) is 12.8. The molecule has 112 valence electrons. The number of carbonyl (C=O) groups excluding carboxylic acids is 1. The molecular formula is C14H18N4O2S. The van der Waals surface area contributed by atoms with Crippen molar-refractivity contribution in [2.24, 2.45) is 0 Å². The van der Waals surface area contributed by atoms with Gasteiger partial charge in [0.15, 0.2) is 0 Å². The van der Waals surface area contributed by atoms with Crippen molar-refractivity contribution in [3.8, 4) is 0 Å². The molecule has 1 fully saturated rings. The van der Waals surface area contributed by atoms with Crippen molar-refractivity contribution in [3.63, 3.8) is 0 Å². The molecule has 1 amide bonds. The Balaban J connectivity index is 1.58. The van der Waals surface area contributed by atoms with Crippen molar-refractivity contribution in [3.05, 3.63) is 17.3 Å². The van der Waals surface area contributed by atoms with Crippen molar-refractivity contribution in [1.82, 2.24) is 14.9 Å². The summed E-state index contributed by atoms with van der Waals surface area (Å²) in [5, 5.41) is 4.27. The van der Waals surface area contributed by atoms with Crippen molar-refractivity contribution in [1.29, 1.82) is 0 Å². The molecule has 0 spiro atoms. The van der Waals surface area contributed by atoms with Gasteiger partial charge in [-0.2, -0.15) is 0 Å². The minimum atomic E-state index is 0.164. The van der Waals surface area contributed by atoms with Crippen LogP contribution in [0.25, 0.3) is 10.2 Å². The highest BCUT2D eigenvalue weighted by atomic mass is 32.1. The highest BCUT2D eigenvalue weighted by molar-refractivity contribution is 7.18. The lowest BCUT2D eigenvalue weighted by Crippen LogP contribution is -2.41.